The Morgan fingerprint density at radius 3 is 0.669 bits per heavy atom. The minimum absolute atomic E-state index is 1.09. The zero-order valence-corrected chi connectivity index (χ0v) is 75.4. The third-order valence-electron chi connectivity index (χ3n) is 27.4. The average Bonchev–Trinajstić information content (AvgIpc) is 1.22. The van der Waals surface area contributed by atoms with Crippen molar-refractivity contribution in [3.05, 3.63) is 533 Å². The van der Waals surface area contributed by atoms with Crippen LogP contribution in [0.5, 0.6) is 0 Å². The van der Waals surface area contributed by atoms with Crippen molar-refractivity contribution in [1.82, 2.24) is 9.13 Å². The summed E-state index contributed by atoms with van der Waals surface area (Å²) in [6, 6.07) is 190. The Bertz CT molecular complexity index is 8460. The molecule has 0 amide bonds. The lowest BCUT2D eigenvalue weighted by atomic mass is 9.84. The molecule has 0 N–H and O–H groups in total. The van der Waals surface area contributed by atoms with Gasteiger partial charge in [-0.1, -0.05) is 376 Å². The van der Waals surface area contributed by atoms with E-state index < -0.39 is 0 Å². The highest BCUT2D eigenvalue weighted by atomic mass is 15.2. The van der Waals surface area contributed by atoms with Crippen LogP contribution >= 0.6 is 0 Å². The van der Waals surface area contributed by atoms with Gasteiger partial charge in [0.1, 0.15) is 0 Å². The molecule has 0 saturated heterocycles. The van der Waals surface area contributed by atoms with Gasteiger partial charge in [-0.2, -0.15) is 0 Å². The number of para-hydroxylation sites is 2. The summed E-state index contributed by atoms with van der Waals surface area (Å²) >= 11 is 0. The van der Waals surface area contributed by atoms with Crippen LogP contribution in [0.3, 0.4) is 0 Å². The van der Waals surface area contributed by atoms with E-state index in [4.69, 9.17) is 0 Å². The second-order valence-corrected chi connectivity index (χ2v) is 35.4. The molecule has 2 heterocycles. The topological polar surface area (TPSA) is 16.3 Å². The average molecular weight is 1730 g/mol. The minimum Gasteiger partial charge on any atom is -0.311 e. The quantitative estimate of drug-likeness (QED) is 0.0845. The summed E-state index contributed by atoms with van der Waals surface area (Å²) in [7, 11) is 0. The van der Waals surface area contributed by atoms with Gasteiger partial charge in [0.15, 0.2) is 0 Å². The minimum atomic E-state index is 1.09. The molecule has 0 fully saturated rings. The van der Waals surface area contributed by atoms with E-state index in [2.05, 4.69) is 554 Å². The molecule has 4 nitrogen and oxygen atoms in total. The smallest absolute Gasteiger partial charge is 0.0541 e. The van der Waals surface area contributed by atoms with E-state index in [0.717, 1.165) is 45.5 Å². The summed E-state index contributed by atoms with van der Waals surface area (Å²) in [5.74, 6) is 0. The largest absolute Gasteiger partial charge is 0.311 e. The maximum atomic E-state index is 2.42. The summed E-state index contributed by atoms with van der Waals surface area (Å²) in [5.41, 5.74) is 38.1. The van der Waals surface area contributed by atoms with Crippen LogP contribution in [0.1, 0.15) is 11.1 Å². The number of nitrogens with zero attached hydrogens (tertiary/aromatic N) is 4. The van der Waals surface area contributed by atoms with Crippen molar-refractivity contribution in [2.75, 3.05) is 9.80 Å². The Morgan fingerprint density at radius 1 is 0.147 bits per heavy atom. The monoisotopic (exact) mass is 1730 g/mol. The van der Waals surface area contributed by atoms with E-state index in [1.165, 1.54) is 198 Å². The zero-order valence-electron chi connectivity index (χ0n) is 75.4. The molecule has 0 atom stereocenters. The normalized spacial score (nSPS) is 11.5. The van der Waals surface area contributed by atoms with E-state index >= 15 is 0 Å². The molecule has 0 aliphatic rings. The number of aryl methyl sites for hydroxylation is 2. The Morgan fingerprint density at radius 2 is 0.360 bits per heavy atom. The number of rotatable bonds is 17. The molecule has 25 rings (SSSR count). The second-order valence-electron chi connectivity index (χ2n) is 35.4. The standard InChI is InChI=1S/C68H46N2.C64H46N2/c1-5-17-47(18-6-1)53-35-43-65-63(45-53)64-46-54(48-19-7-2-8-20-48)36-44-66(64)70(65)58-41-39-57(40-42-58)69(55-23-11-4-12-24-55)56-37-33-50(34-38-56)49-29-31-52(32-30-49)68-61-27-15-13-25-59(61)67(51-21-9-3-10-22-51)60-26-14-16-28-62(60)68;1-43-40-62(44(2)39-57(43)64-55-29-17-15-27-53(55)63(47-23-11-5-12-24-47)54-28-16-18-30-56(54)64)65(50-25-13-6-14-26-50)51-33-35-52(36-34-51)66-60-37-31-48(45-19-7-3-8-20-45)41-58(60)59-42-49(32-38-61(59)66)46-21-9-4-10-22-46/h1-46H;3-42H,1-2H3. The van der Waals surface area contributed by atoms with E-state index in [9.17, 15) is 0 Å². The summed E-state index contributed by atoms with van der Waals surface area (Å²) < 4.78 is 4.84. The molecule has 0 radical (unpaired) electrons. The number of benzene rings is 23. The van der Waals surface area contributed by atoms with Gasteiger partial charge in [-0.05, 0) is 314 Å². The van der Waals surface area contributed by atoms with Crippen molar-refractivity contribution in [3.63, 3.8) is 0 Å². The molecule has 0 unspecified atom stereocenters. The van der Waals surface area contributed by atoms with E-state index in [1.54, 1.807) is 0 Å². The number of fused-ring (bicyclic) bond motifs is 10. The summed E-state index contributed by atoms with van der Waals surface area (Å²) in [4.78, 5) is 4.75. The van der Waals surface area contributed by atoms with Gasteiger partial charge in [0.05, 0.1) is 22.1 Å². The van der Waals surface area contributed by atoms with Gasteiger partial charge in [-0.3, -0.25) is 0 Å². The number of aromatic nitrogens is 2. The van der Waals surface area contributed by atoms with Crippen molar-refractivity contribution in [2.45, 2.75) is 13.8 Å². The fourth-order valence-corrected chi connectivity index (χ4v) is 21.0. The molecule has 640 valence electrons. The third kappa shape index (κ3) is 14.9. The van der Waals surface area contributed by atoms with Gasteiger partial charge in [0, 0.05) is 67.0 Å². The van der Waals surface area contributed by atoms with Crippen molar-refractivity contribution < 1.29 is 0 Å². The van der Waals surface area contributed by atoms with Crippen LogP contribution in [0.4, 0.5) is 34.1 Å². The molecule has 4 heteroatoms. The molecule has 25 aromatic rings. The fourth-order valence-electron chi connectivity index (χ4n) is 21.0. The lowest BCUT2D eigenvalue weighted by Gasteiger charge is -2.29. The molecule has 0 aliphatic heterocycles. The lowest BCUT2D eigenvalue weighted by Crippen LogP contribution is -2.12. The van der Waals surface area contributed by atoms with Gasteiger partial charge in [-0.25, -0.2) is 0 Å². The van der Waals surface area contributed by atoms with Crippen LogP contribution in [0.25, 0.3) is 198 Å². The van der Waals surface area contributed by atoms with Crippen LogP contribution in [0.15, 0.2) is 522 Å². The summed E-state index contributed by atoms with van der Waals surface area (Å²) in [6.07, 6.45) is 0. The van der Waals surface area contributed by atoms with Crippen molar-refractivity contribution in [2.24, 2.45) is 0 Å². The van der Waals surface area contributed by atoms with Crippen LogP contribution in [-0.2, 0) is 0 Å². The van der Waals surface area contributed by atoms with E-state index in [-0.39, 0.29) is 0 Å². The fraction of sp³-hybridized carbons (Fsp3) is 0.0152. The molecular formula is C132H92N4. The third-order valence-corrected chi connectivity index (χ3v) is 27.4. The van der Waals surface area contributed by atoms with E-state index in [0.29, 0.717) is 0 Å². The van der Waals surface area contributed by atoms with Gasteiger partial charge in [-0.15, -0.1) is 0 Å². The van der Waals surface area contributed by atoms with Gasteiger partial charge in [0.2, 0.25) is 0 Å². The Kier molecular flexibility index (Phi) is 21.1. The van der Waals surface area contributed by atoms with E-state index in [1.807, 2.05) is 0 Å². The molecule has 23 aromatic carbocycles. The lowest BCUT2D eigenvalue weighted by molar-refractivity contribution is 1.17. The highest BCUT2D eigenvalue weighted by Crippen LogP contribution is 2.51. The summed E-state index contributed by atoms with van der Waals surface area (Å²) in [5, 5.41) is 15.0. The van der Waals surface area contributed by atoms with Gasteiger partial charge >= 0.3 is 0 Å². The van der Waals surface area contributed by atoms with Crippen LogP contribution in [0, 0.1) is 13.8 Å². The Labute approximate surface area is 792 Å². The first kappa shape index (κ1) is 81.5. The first-order valence-corrected chi connectivity index (χ1v) is 46.9. The number of hydrogen-bond donors (Lipinski definition) is 0. The van der Waals surface area contributed by atoms with Crippen molar-refractivity contribution in [3.8, 4) is 112 Å². The second kappa shape index (κ2) is 35.2. The molecule has 0 bridgehead atoms. The maximum absolute atomic E-state index is 2.42. The first-order valence-electron chi connectivity index (χ1n) is 46.9. The SMILES string of the molecule is Cc1cc(N(c2ccccc2)c2ccc(-n3c4ccc(-c5ccccc5)cc4c4cc(-c5ccccc5)ccc43)cc2)c(C)cc1-c1c2ccccc2c(-c2ccccc2)c2ccccc12.c1ccc(-c2ccc3c(c2)c2cc(-c4ccccc4)ccc2n3-c2ccc(N(c3ccccc3)c3ccc(-c4ccc(-c5c6ccccc6c(-c6ccccc6)c6ccccc56)cc4)cc3)cc2)cc1. The maximum Gasteiger partial charge on any atom is 0.0541 e. The molecule has 136 heavy (non-hydrogen) atoms. The van der Waals surface area contributed by atoms with Crippen molar-refractivity contribution in [1.29, 1.82) is 0 Å². The van der Waals surface area contributed by atoms with Gasteiger partial charge in [0.25, 0.3) is 0 Å². The Balaban J connectivity index is 0.000000149. The van der Waals surface area contributed by atoms with Crippen LogP contribution < -0.4 is 9.80 Å². The highest BCUT2D eigenvalue weighted by molar-refractivity contribution is 6.24. The number of hydrogen-bond acceptors (Lipinski definition) is 2. The number of anilines is 6. The van der Waals surface area contributed by atoms with Crippen LogP contribution in [0.2, 0.25) is 0 Å². The zero-order chi connectivity index (χ0) is 90.5. The van der Waals surface area contributed by atoms with Gasteiger partial charge < -0.3 is 18.9 Å². The molecule has 0 aliphatic carbocycles. The van der Waals surface area contributed by atoms with Crippen LogP contribution in [-0.4, -0.2) is 9.13 Å². The molecular weight excluding hydrogens is 1640 g/mol. The molecule has 0 saturated carbocycles. The predicted octanol–water partition coefficient (Wildman–Crippen LogP) is 36.7. The highest BCUT2D eigenvalue weighted by Gasteiger charge is 2.26. The predicted molar refractivity (Wildman–Crippen MR) is 579 cm³/mol. The Hall–Kier alpha value is -17.7. The molecule has 2 aromatic heterocycles. The summed E-state index contributed by atoms with van der Waals surface area (Å²) in [6.45, 7) is 4.53. The molecule has 0 spiro atoms. The van der Waals surface area contributed by atoms with Crippen molar-refractivity contribution >= 4 is 121 Å². The first-order chi connectivity index (χ1) is 67.3.